The van der Waals surface area contributed by atoms with E-state index in [-0.39, 0.29) is 6.10 Å². The third-order valence-corrected chi connectivity index (χ3v) is 3.01. The molecule has 0 spiro atoms. The van der Waals surface area contributed by atoms with Gasteiger partial charge in [0, 0.05) is 6.54 Å². The van der Waals surface area contributed by atoms with E-state index in [1.807, 2.05) is 24.3 Å². The molecule has 0 fully saturated rings. The van der Waals surface area contributed by atoms with Crippen molar-refractivity contribution in [3.63, 3.8) is 0 Å². The Bertz CT molecular complexity index is 355. The van der Waals surface area contributed by atoms with Crippen molar-refractivity contribution in [2.75, 3.05) is 19.7 Å². The van der Waals surface area contributed by atoms with Crippen molar-refractivity contribution in [1.29, 1.82) is 0 Å². The highest BCUT2D eigenvalue weighted by molar-refractivity contribution is 5.39. The van der Waals surface area contributed by atoms with Crippen LogP contribution in [0.2, 0.25) is 0 Å². The first-order valence-electron chi connectivity index (χ1n) is 7.90. The van der Waals surface area contributed by atoms with E-state index in [0.717, 1.165) is 56.9 Å². The van der Waals surface area contributed by atoms with Crippen LogP contribution in [0.15, 0.2) is 24.3 Å². The van der Waals surface area contributed by atoms with Crippen molar-refractivity contribution in [3.8, 4) is 11.5 Å². The van der Waals surface area contributed by atoms with Crippen LogP contribution in [0.5, 0.6) is 11.5 Å². The molecule has 0 saturated heterocycles. The lowest BCUT2D eigenvalue weighted by Gasteiger charge is -2.21. The van der Waals surface area contributed by atoms with Crippen LogP contribution in [0.1, 0.15) is 46.5 Å². The first-order valence-corrected chi connectivity index (χ1v) is 7.90. The zero-order chi connectivity index (χ0) is 14.6. The summed E-state index contributed by atoms with van der Waals surface area (Å²) < 4.78 is 11.9. The largest absolute Gasteiger partial charge is 0.490 e. The molecular formula is C17H29NO2. The maximum absolute atomic E-state index is 6.14. The van der Waals surface area contributed by atoms with Crippen LogP contribution in [-0.2, 0) is 0 Å². The summed E-state index contributed by atoms with van der Waals surface area (Å²) in [5.41, 5.74) is 0. The minimum Gasteiger partial charge on any atom is -0.490 e. The molecule has 0 bridgehead atoms. The Kier molecular flexibility index (Phi) is 8.88. The van der Waals surface area contributed by atoms with Crippen molar-refractivity contribution in [1.82, 2.24) is 5.32 Å². The summed E-state index contributed by atoms with van der Waals surface area (Å²) in [6.45, 7) is 9.14. The molecule has 20 heavy (non-hydrogen) atoms. The quantitative estimate of drug-likeness (QED) is 0.621. The van der Waals surface area contributed by atoms with Gasteiger partial charge in [-0.05, 0) is 37.9 Å². The van der Waals surface area contributed by atoms with Crippen molar-refractivity contribution in [2.45, 2.75) is 52.6 Å². The van der Waals surface area contributed by atoms with Gasteiger partial charge in [0.05, 0.1) is 6.61 Å². The fraction of sp³-hybridized carbons (Fsp3) is 0.647. The maximum atomic E-state index is 6.14. The molecule has 0 aliphatic carbocycles. The van der Waals surface area contributed by atoms with E-state index in [1.54, 1.807) is 0 Å². The predicted octanol–water partition coefficient (Wildman–Crippen LogP) is 4.02. The molecule has 0 aromatic heterocycles. The molecule has 0 amide bonds. The molecule has 0 heterocycles. The predicted molar refractivity (Wildman–Crippen MR) is 84.7 cm³/mol. The molecule has 1 aromatic rings. The van der Waals surface area contributed by atoms with Gasteiger partial charge in [-0.1, -0.05) is 39.3 Å². The normalized spacial score (nSPS) is 12.2. The molecule has 1 aromatic carbocycles. The topological polar surface area (TPSA) is 30.5 Å². The summed E-state index contributed by atoms with van der Waals surface area (Å²) in [5.74, 6) is 1.71. The van der Waals surface area contributed by atoms with Crippen molar-refractivity contribution >= 4 is 0 Å². The minimum absolute atomic E-state index is 0.206. The lowest BCUT2D eigenvalue weighted by Crippen LogP contribution is -2.31. The highest BCUT2D eigenvalue weighted by Gasteiger charge is 2.12. The van der Waals surface area contributed by atoms with E-state index in [1.165, 1.54) is 0 Å². The lowest BCUT2D eigenvalue weighted by atomic mass is 10.2. The van der Waals surface area contributed by atoms with Crippen LogP contribution in [-0.4, -0.2) is 25.8 Å². The Morgan fingerprint density at radius 3 is 2.40 bits per heavy atom. The Labute approximate surface area is 123 Å². The third kappa shape index (κ3) is 6.29. The molecule has 1 atom stereocenters. The SMILES string of the molecule is CCCNCC(CCC)Oc1ccccc1OCCC. The van der Waals surface area contributed by atoms with E-state index >= 15 is 0 Å². The third-order valence-electron chi connectivity index (χ3n) is 3.01. The summed E-state index contributed by atoms with van der Waals surface area (Å²) in [6.07, 6.45) is 4.53. The van der Waals surface area contributed by atoms with E-state index in [0.29, 0.717) is 0 Å². The van der Waals surface area contributed by atoms with Gasteiger partial charge < -0.3 is 14.8 Å². The van der Waals surface area contributed by atoms with Crippen LogP contribution < -0.4 is 14.8 Å². The molecule has 3 nitrogen and oxygen atoms in total. The van der Waals surface area contributed by atoms with Gasteiger partial charge >= 0.3 is 0 Å². The molecule has 0 aliphatic rings. The first kappa shape index (κ1) is 16.8. The van der Waals surface area contributed by atoms with Crippen LogP contribution in [0, 0.1) is 0 Å². The van der Waals surface area contributed by atoms with Crippen LogP contribution in [0.25, 0.3) is 0 Å². The number of nitrogens with one attached hydrogen (secondary N) is 1. The maximum Gasteiger partial charge on any atom is 0.161 e. The second-order valence-electron chi connectivity index (χ2n) is 5.03. The summed E-state index contributed by atoms with van der Waals surface area (Å²) in [5, 5.41) is 3.44. The summed E-state index contributed by atoms with van der Waals surface area (Å²) in [4.78, 5) is 0. The molecule has 0 aliphatic heterocycles. The van der Waals surface area contributed by atoms with Crippen LogP contribution in [0.3, 0.4) is 0 Å². The zero-order valence-electron chi connectivity index (χ0n) is 13.2. The average molecular weight is 279 g/mol. The smallest absolute Gasteiger partial charge is 0.161 e. The Morgan fingerprint density at radius 1 is 1.00 bits per heavy atom. The van der Waals surface area contributed by atoms with Gasteiger partial charge in [-0.2, -0.15) is 0 Å². The van der Waals surface area contributed by atoms with Gasteiger partial charge in [-0.15, -0.1) is 0 Å². The zero-order valence-corrected chi connectivity index (χ0v) is 13.2. The van der Waals surface area contributed by atoms with Crippen molar-refractivity contribution < 1.29 is 9.47 Å². The van der Waals surface area contributed by atoms with Crippen molar-refractivity contribution in [3.05, 3.63) is 24.3 Å². The summed E-state index contributed by atoms with van der Waals surface area (Å²) >= 11 is 0. The van der Waals surface area contributed by atoms with Gasteiger partial charge in [0.1, 0.15) is 6.10 Å². The van der Waals surface area contributed by atoms with Gasteiger partial charge in [0.25, 0.3) is 0 Å². The Hall–Kier alpha value is -1.22. The van der Waals surface area contributed by atoms with Gasteiger partial charge in [-0.3, -0.25) is 0 Å². The fourth-order valence-electron chi connectivity index (χ4n) is 2.02. The summed E-state index contributed by atoms with van der Waals surface area (Å²) in [6, 6.07) is 7.96. The molecular weight excluding hydrogens is 250 g/mol. The first-order chi connectivity index (χ1) is 9.81. The number of benzene rings is 1. The molecule has 1 rings (SSSR count). The van der Waals surface area contributed by atoms with E-state index in [2.05, 4.69) is 26.1 Å². The minimum atomic E-state index is 0.206. The second kappa shape index (κ2) is 10.6. The number of hydrogen-bond donors (Lipinski definition) is 1. The van der Waals surface area contributed by atoms with E-state index in [4.69, 9.17) is 9.47 Å². The van der Waals surface area contributed by atoms with Crippen LogP contribution in [0.4, 0.5) is 0 Å². The summed E-state index contributed by atoms with van der Waals surface area (Å²) in [7, 11) is 0. The molecule has 114 valence electrons. The van der Waals surface area contributed by atoms with E-state index < -0.39 is 0 Å². The number of ether oxygens (including phenoxy) is 2. The Balaban J connectivity index is 2.61. The van der Waals surface area contributed by atoms with Crippen molar-refractivity contribution in [2.24, 2.45) is 0 Å². The molecule has 0 saturated carbocycles. The highest BCUT2D eigenvalue weighted by atomic mass is 16.5. The number of hydrogen-bond acceptors (Lipinski definition) is 3. The molecule has 1 unspecified atom stereocenters. The van der Waals surface area contributed by atoms with Crippen LogP contribution >= 0.6 is 0 Å². The van der Waals surface area contributed by atoms with E-state index in [9.17, 15) is 0 Å². The average Bonchev–Trinajstić information content (AvgIpc) is 2.47. The standard InChI is InChI=1S/C17H29NO2/c1-4-9-15(14-18-12-5-2)20-17-11-8-7-10-16(17)19-13-6-3/h7-8,10-11,15,18H,4-6,9,12-14H2,1-3H3. The second-order valence-corrected chi connectivity index (χ2v) is 5.03. The lowest BCUT2D eigenvalue weighted by molar-refractivity contribution is 0.175. The molecule has 3 heteroatoms. The van der Waals surface area contributed by atoms with Gasteiger partial charge in [0.2, 0.25) is 0 Å². The monoisotopic (exact) mass is 279 g/mol. The van der Waals surface area contributed by atoms with Gasteiger partial charge in [0.15, 0.2) is 11.5 Å². The fourth-order valence-corrected chi connectivity index (χ4v) is 2.02. The molecule has 0 radical (unpaired) electrons. The molecule has 1 N–H and O–H groups in total. The number of rotatable bonds is 11. The highest BCUT2D eigenvalue weighted by Crippen LogP contribution is 2.28. The van der Waals surface area contributed by atoms with Gasteiger partial charge in [-0.25, -0.2) is 0 Å². The number of para-hydroxylation sites is 2. The Morgan fingerprint density at radius 2 is 1.75 bits per heavy atom.